The topological polar surface area (TPSA) is 30.7 Å². The summed E-state index contributed by atoms with van der Waals surface area (Å²) in [5.41, 5.74) is 2.10. The molecule has 1 unspecified atom stereocenters. The second-order valence-electron chi connectivity index (χ2n) is 6.14. The molecule has 0 saturated carbocycles. The van der Waals surface area contributed by atoms with Gasteiger partial charge in [-0.3, -0.25) is 4.79 Å². The Morgan fingerprint density at radius 1 is 1.24 bits per heavy atom. The van der Waals surface area contributed by atoms with E-state index in [0.29, 0.717) is 5.78 Å². The van der Waals surface area contributed by atoms with Crippen LogP contribution in [0.15, 0.2) is 18.2 Å². The number of benzene rings is 1. The summed E-state index contributed by atoms with van der Waals surface area (Å²) in [5.74, 6) is 1.34. The predicted octanol–water partition coefficient (Wildman–Crippen LogP) is -1.49. The molecule has 4 heteroatoms. The van der Waals surface area contributed by atoms with Gasteiger partial charge in [-0.1, -0.05) is 6.07 Å². The summed E-state index contributed by atoms with van der Waals surface area (Å²) >= 11 is 0. The van der Waals surface area contributed by atoms with Crippen LogP contribution in [0.1, 0.15) is 41.6 Å². The third kappa shape index (κ3) is 3.58. The van der Waals surface area contributed by atoms with Crippen LogP contribution < -0.4 is 22.0 Å². The Kier molecular flexibility index (Phi) is 5.65. The average molecular weight is 310 g/mol. The molecular formula is C17H24ClNO2. The molecule has 1 aromatic rings. The summed E-state index contributed by atoms with van der Waals surface area (Å²) in [6, 6.07) is 5.94. The lowest BCUT2D eigenvalue weighted by Gasteiger charge is -2.29. The minimum absolute atomic E-state index is 0. The number of methoxy groups -OCH3 is 1. The van der Waals surface area contributed by atoms with Crippen LogP contribution in [-0.2, 0) is 6.42 Å². The Morgan fingerprint density at radius 3 is 2.71 bits per heavy atom. The lowest BCUT2D eigenvalue weighted by Crippen LogP contribution is -3.13. The van der Waals surface area contributed by atoms with E-state index in [1.807, 2.05) is 12.1 Å². The first-order valence-corrected chi connectivity index (χ1v) is 7.82. The maximum atomic E-state index is 12.7. The van der Waals surface area contributed by atoms with Crippen molar-refractivity contribution >= 4 is 5.78 Å². The smallest absolute Gasteiger partial charge is 0.171 e. The predicted molar refractivity (Wildman–Crippen MR) is 78.6 cm³/mol. The van der Waals surface area contributed by atoms with Gasteiger partial charge in [-0.05, 0) is 49.8 Å². The number of halogens is 1. The van der Waals surface area contributed by atoms with E-state index in [4.69, 9.17) is 4.74 Å². The number of hydrogen-bond donors (Lipinski definition) is 1. The second-order valence-corrected chi connectivity index (χ2v) is 6.14. The number of ketones is 1. The zero-order valence-electron chi connectivity index (χ0n) is 12.7. The van der Waals surface area contributed by atoms with E-state index in [-0.39, 0.29) is 18.3 Å². The molecule has 0 spiro atoms. The molecule has 3 nitrogen and oxygen atoms in total. The lowest BCUT2D eigenvalue weighted by atomic mass is 9.82. The number of carbonyl (C=O) groups is 1. The van der Waals surface area contributed by atoms with Crippen molar-refractivity contribution in [2.45, 2.75) is 32.1 Å². The van der Waals surface area contributed by atoms with E-state index < -0.39 is 0 Å². The van der Waals surface area contributed by atoms with Crippen molar-refractivity contribution in [1.82, 2.24) is 0 Å². The van der Waals surface area contributed by atoms with Crippen LogP contribution in [0.4, 0.5) is 0 Å². The number of carbonyl (C=O) groups excluding carboxylic acids is 1. The largest absolute Gasteiger partial charge is 1.00 e. The second kappa shape index (κ2) is 7.28. The van der Waals surface area contributed by atoms with Gasteiger partial charge in [0.15, 0.2) is 5.78 Å². The van der Waals surface area contributed by atoms with Gasteiger partial charge in [0.25, 0.3) is 0 Å². The molecule has 0 aromatic heterocycles. The fourth-order valence-electron chi connectivity index (χ4n) is 3.61. The Hall–Kier alpha value is -1.06. The molecule has 1 fully saturated rings. The van der Waals surface area contributed by atoms with Gasteiger partial charge in [0.05, 0.1) is 32.7 Å². The number of piperidine rings is 1. The third-order valence-corrected chi connectivity index (χ3v) is 4.81. The lowest BCUT2D eigenvalue weighted by molar-refractivity contribution is -0.907. The molecule has 1 aliphatic carbocycles. The molecule has 1 N–H and O–H groups in total. The maximum absolute atomic E-state index is 12.7. The third-order valence-electron chi connectivity index (χ3n) is 4.81. The molecule has 1 saturated heterocycles. The molecule has 1 heterocycles. The summed E-state index contributed by atoms with van der Waals surface area (Å²) in [4.78, 5) is 14.3. The summed E-state index contributed by atoms with van der Waals surface area (Å²) in [6.07, 6.45) is 6.05. The summed E-state index contributed by atoms with van der Waals surface area (Å²) in [7, 11) is 1.66. The van der Waals surface area contributed by atoms with E-state index >= 15 is 0 Å². The highest BCUT2D eigenvalue weighted by Gasteiger charge is 2.31. The normalized spacial score (nSPS) is 22.3. The summed E-state index contributed by atoms with van der Waals surface area (Å²) in [6.45, 7) is 3.51. The number of nitrogens with one attached hydrogen (secondary N) is 1. The number of rotatable bonds is 3. The standard InChI is InChI=1S/C17H23NO2.ClH/c1-20-15-8-7-13-5-6-14(17(19)16(13)11-15)12-18-9-3-2-4-10-18;/h7-8,11,14H,2-6,9-10,12H2,1H3;1H. The average Bonchev–Trinajstić information content (AvgIpc) is 2.51. The number of hydrogen-bond acceptors (Lipinski definition) is 2. The number of aryl methyl sites for hydroxylation is 1. The van der Waals surface area contributed by atoms with Crippen molar-refractivity contribution in [3.8, 4) is 5.75 Å². The molecule has 1 aromatic carbocycles. The Morgan fingerprint density at radius 2 is 2.00 bits per heavy atom. The Balaban J connectivity index is 0.00000161. The number of ether oxygens (including phenoxy) is 1. The highest BCUT2D eigenvalue weighted by atomic mass is 35.5. The monoisotopic (exact) mass is 309 g/mol. The van der Waals surface area contributed by atoms with E-state index in [1.54, 1.807) is 12.0 Å². The summed E-state index contributed by atoms with van der Waals surface area (Å²) < 4.78 is 5.26. The van der Waals surface area contributed by atoms with Crippen LogP contribution in [-0.4, -0.2) is 32.5 Å². The quantitative estimate of drug-likeness (QED) is 0.738. The van der Waals surface area contributed by atoms with Gasteiger partial charge in [0.2, 0.25) is 0 Å². The molecular weight excluding hydrogens is 286 g/mol. The van der Waals surface area contributed by atoms with Crippen molar-refractivity contribution in [1.29, 1.82) is 0 Å². The number of quaternary nitrogens is 1. The molecule has 1 atom stereocenters. The molecule has 1 aliphatic heterocycles. The SMILES string of the molecule is COc1ccc2c(c1)C(=O)C(C[NH+]1CCCCC1)CC2.[Cl-]. The Bertz CT molecular complexity index is 498. The Labute approximate surface area is 133 Å². The van der Waals surface area contributed by atoms with Gasteiger partial charge in [-0.2, -0.15) is 0 Å². The van der Waals surface area contributed by atoms with Crippen LogP contribution in [0.2, 0.25) is 0 Å². The summed E-state index contributed by atoms with van der Waals surface area (Å²) in [5, 5.41) is 0. The molecule has 0 radical (unpaired) electrons. The minimum atomic E-state index is 0. The van der Waals surface area contributed by atoms with E-state index in [1.165, 1.54) is 37.9 Å². The van der Waals surface area contributed by atoms with Crippen LogP contribution in [0.3, 0.4) is 0 Å². The first-order valence-electron chi connectivity index (χ1n) is 7.82. The molecule has 3 rings (SSSR count). The van der Waals surface area contributed by atoms with Gasteiger partial charge in [-0.15, -0.1) is 0 Å². The molecule has 2 aliphatic rings. The highest BCUT2D eigenvalue weighted by Crippen LogP contribution is 2.28. The zero-order chi connectivity index (χ0) is 13.9. The molecule has 116 valence electrons. The van der Waals surface area contributed by atoms with E-state index in [0.717, 1.165) is 30.7 Å². The molecule has 0 amide bonds. The number of Topliss-reactive ketones (excluding diaryl/α,β-unsaturated/α-hetero) is 1. The first-order chi connectivity index (χ1) is 9.78. The maximum Gasteiger partial charge on any atom is 0.171 e. The van der Waals surface area contributed by atoms with Crippen molar-refractivity contribution in [3.05, 3.63) is 29.3 Å². The van der Waals surface area contributed by atoms with Gasteiger partial charge in [-0.25, -0.2) is 0 Å². The van der Waals surface area contributed by atoms with Gasteiger partial charge in [0.1, 0.15) is 5.75 Å². The van der Waals surface area contributed by atoms with Crippen molar-refractivity contribution in [2.24, 2.45) is 5.92 Å². The van der Waals surface area contributed by atoms with Crippen LogP contribution >= 0.6 is 0 Å². The highest BCUT2D eigenvalue weighted by molar-refractivity contribution is 6.00. The van der Waals surface area contributed by atoms with Crippen LogP contribution in [0, 0.1) is 5.92 Å². The van der Waals surface area contributed by atoms with Crippen LogP contribution in [0.25, 0.3) is 0 Å². The number of fused-ring (bicyclic) bond motifs is 1. The fraction of sp³-hybridized carbons (Fsp3) is 0.588. The van der Waals surface area contributed by atoms with E-state index in [9.17, 15) is 4.79 Å². The van der Waals surface area contributed by atoms with Crippen molar-refractivity contribution in [2.75, 3.05) is 26.7 Å². The van der Waals surface area contributed by atoms with Gasteiger partial charge in [0, 0.05) is 5.56 Å². The molecule has 21 heavy (non-hydrogen) atoms. The first kappa shape index (κ1) is 16.3. The van der Waals surface area contributed by atoms with Crippen molar-refractivity contribution < 1.29 is 26.8 Å². The van der Waals surface area contributed by atoms with E-state index in [2.05, 4.69) is 6.07 Å². The minimum Gasteiger partial charge on any atom is -1.00 e. The van der Waals surface area contributed by atoms with Crippen molar-refractivity contribution in [3.63, 3.8) is 0 Å². The van der Waals surface area contributed by atoms with Gasteiger partial charge >= 0.3 is 0 Å². The molecule has 0 bridgehead atoms. The van der Waals surface area contributed by atoms with Crippen LogP contribution in [0.5, 0.6) is 5.75 Å². The van der Waals surface area contributed by atoms with Gasteiger partial charge < -0.3 is 22.0 Å². The number of likely N-dealkylation sites (tertiary alicyclic amines) is 1. The zero-order valence-corrected chi connectivity index (χ0v) is 13.4. The fourth-order valence-corrected chi connectivity index (χ4v) is 3.61.